The maximum Gasteiger partial charge on any atom is 0.270 e. The summed E-state index contributed by atoms with van der Waals surface area (Å²) in [7, 11) is 4.04. The van der Waals surface area contributed by atoms with Crippen LogP contribution in [0.1, 0.15) is 47.6 Å². The Morgan fingerprint density at radius 3 is 2.37 bits per heavy atom. The van der Waals surface area contributed by atoms with E-state index in [9.17, 15) is 4.79 Å². The minimum Gasteiger partial charge on any atom is -0.351 e. The van der Waals surface area contributed by atoms with Crippen LogP contribution in [0.2, 0.25) is 0 Å². The van der Waals surface area contributed by atoms with Crippen molar-refractivity contribution in [1.82, 2.24) is 20.2 Å². The summed E-state index contributed by atoms with van der Waals surface area (Å²) in [5, 5.41) is 6.29. The highest BCUT2D eigenvalue weighted by Crippen LogP contribution is 2.25. The second-order valence-corrected chi connectivity index (χ2v) is 6.91. The van der Waals surface area contributed by atoms with E-state index in [0.29, 0.717) is 18.2 Å². The van der Waals surface area contributed by atoms with Gasteiger partial charge in [0.1, 0.15) is 5.69 Å². The zero-order valence-corrected chi connectivity index (χ0v) is 17.1. The molecule has 0 aliphatic heterocycles. The number of rotatable bonds is 9. The molecule has 6 heteroatoms. The number of carbonyl (C=O) groups is 1. The molecule has 27 heavy (non-hydrogen) atoms. The Hall–Kier alpha value is -2.47. The molecule has 0 fully saturated rings. The van der Waals surface area contributed by atoms with Crippen LogP contribution in [0.5, 0.6) is 0 Å². The van der Waals surface area contributed by atoms with E-state index in [1.807, 2.05) is 21.0 Å². The smallest absolute Gasteiger partial charge is 0.270 e. The predicted octanol–water partition coefficient (Wildman–Crippen LogP) is 3.33. The van der Waals surface area contributed by atoms with Gasteiger partial charge in [-0.15, -0.1) is 0 Å². The molecule has 0 radical (unpaired) electrons. The van der Waals surface area contributed by atoms with Crippen molar-refractivity contribution in [3.63, 3.8) is 0 Å². The number of para-hydroxylation sites is 1. The molecular formula is C21H31N5O. The van der Waals surface area contributed by atoms with Gasteiger partial charge in [-0.25, -0.2) is 9.97 Å². The molecule has 0 saturated heterocycles. The molecule has 2 N–H and O–H groups in total. The molecule has 146 valence electrons. The van der Waals surface area contributed by atoms with Gasteiger partial charge in [-0.2, -0.15) is 0 Å². The normalized spacial score (nSPS) is 10.9. The molecule has 6 nitrogen and oxygen atoms in total. The van der Waals surface area contributed by atoms with Crippen molar-refractivity contribution in [3.05, 3.63) is 46.8 Å². The third kappa shape index (κ3) is 6.03. The van der Waals surface area contributed by atoms with Crippen LogP contribution in [-0.4, -0.2) is 48.0 Å². The van der Waals surface area contributed by atoms with Crippen LogP contribution >= 0.6 is 0 Å². The van der Waals surface area contributed by atoms with Crippen molar-refractivity contribution < 1.29 is 4.79 Å². The summed E-state index contributed by atoms with van der Waals surface area (Å²) in [6.07, 6.45) is 2.74. The summed E-state index contributed by atoms with van der Waals surface area (Å²) in [4.78, 5) is 23.5. The molecule has 0 bridgehead atoms. The number of benzene rings is 1. The molecule has 2 aromatic rings. The van der Waals surface area contributed by atoms with Gasteiger partial charge in [-0.3, -0.25) is 4.79 Å². The zero-order chi connectivity index (χ0) is 19.8. The molecule has 0 aliphatic rings. The SMILES string of the molecule is CCc1cccc(CC)c1Nc1nc(C)cc(C(=O)NCCCN(C)C)n1. The maximum absolute atomic E-state index is 12.4. The second-order valence-electron chi connectivity index (χ2n) is 6.91. The summed E-state index contributed by atoms with van der Waals surface area (Å²) < 4.78 is 0. The fraction of sp³-hybridized carbons (Fsp3) is 0.476. The van der Waals surface area contributed by atoms with Gasteiger partial charge in [0.05, 0.1) is 0 Å². The Kier molecular flexibility index (Phi) is 7.73. The standard InChI is InChI=1S/C21H31N5O/c1-6-16-10-8-11-17(7-2)19(16)25-21-23-15(3)14-18(24-21)20(27)22-12-9-13-26(4)5/h8,10-11,14H,6-7,9,12-13H2,1-5H3,(H,22,27)(H,23,24,25). The molecule has 2 rings (SSSR count). The number of nitrogens with one attached hydrogen (secondary N) is 2. The van der Waals surface area contributed by atoms with Crippen LogP contribution in [-0.2, 0) is 12.8 Å². The van der Waals surface area contributed by atoms with E-state index < -0.39 is 0 Å². The molecule has 0 spiro atoms. The average Bonchev–Trinajstić information content (AvgIpc) is 2.64. The summed E-state index contributed by atoms with van der Waals surface area (Å²) in [5.74, 6) is 0.297. The number of anilines is 2. The Labute approximate surface area is 162 Å². The van der Waals surface area contributed by atoms with E-state index >= 15 is 0 Å². The van der Waals surface area contributed by atoms with Crippen LogP contribution in [0.4, 0.5) is 11.6 Å². The fourth-order valence-corrected chi connectivity index (χ4v) is 2.94. The minimum absolute atomic E-state index is 0.165. The number of aromatic nitrogens is 2. The first-order valence-corrected chi connectivity index (χ1v) is 9.61. The lowest BCUT2D eigenvalue weighted by Gasteiger charge is -2.15. The van der Waals surface area contributed by atoms with Crippen LogP contribution in [0.15, 0.2) is 24.3 Å². The average molecular weight is 370 g/mol. The Morgan fingerprint density at radius 2 is 1.78 bits per heavy atom. The number of aryl methyl sites for hydroxylation is 3. The van der Waals surface area contributed by atoms with Gasteiger partial charge in [-0.05, 0) is 64.0 Å². The van der Waals surface area contributed by atoms with Gasteiger partial charge in [-0.1, -0.05) is 32.0 Å². The molecule has 1 aromatic heterocycles. The highest BCUT2D eigenvalue weighted by molar-refractivity contribution is 5.92. The molecule has 1 heterocycles. The predicted molar refractivity (Wildman–Crippen MR) is 111 cm³/mol. The largest absolute Gasteiger partial charge is 0.351 e. The second kappa shape index (κ2) is 10.0. The lowest BCUT2D eigenvalue weighted by molar-refractivity contribution is 0.0947. The molecular weight excluding hydrogens is 338 g/mol. The molecule has 0 aliphatic carbocycles. The quantitative estimate of drug-likeness (QED) is 0.664. The van der Waals surface area contributed by atoms with Gasteiger partial charge in [0.2, 0.25) is 5.95 Å². The van der Waals surface area contributed by atoms with Crippen molar-refractivity contribution in [3.8, 4) is 0 Å². The Morgan fingerprint density at radius 1 is 1.11 bits per heavy atom. The highest BCUT2D eigenvalue weighted by Gasteiger charge is 2.13. The van der Waals surface area contributed by atoms with E-state index in [4.69, 9.17) is 0 Å². The Balaban J connectivity index is 2.17. The Bertz CT molecular complexity index is 751. The van der Waals surface area contributed by atoms with Gasteiger partial charge < -0.3 is 15.5 Å². The molecule has 0 unspecified atom stereocenters. The highest BCUT2D eigenvalue weighted by atomic mass is 16.1. The van der Waals surface area contributed by atoms with Crippen molar-refractivity contribution in [2.45, 2.75) is 40.0 Å². The zero-order valence-electron chi connectivity index (χ0n) is 17.1. The van der Waals surface area contributed by atoms with Crippen molar-refractivity contribution in [2.24, 2.45) is 0 Å². The van der Waals surface area contributed by atoms with Gasteiger partial charge in [0.25, 0.3) is 5.91 Å². The van der Waals surface area contributed by atoms with Crippen LogP contribution in [0.3, 0.4) is 0 Å². The van der Waals surface area contributed by atoms with E-state index in [0.717, 1.165) is 37.2 Å². The summed E-state index contributed by atoms with van der Waals surface area (Å²) in [5.41, 5.74) is 4.63. The first kappa shape index (κ1) is 20.8. The van der Waals surface area contributed by atoms with Crippen LogP contribution in [0.25, 0.3) is 0 Å². The van der Waals surface area contributed by atoms with Crippen LogP contribution in [0, 0.1) is 6.92 Å². The summed E-state index contributed by atoms with van der Waals surface area (Å²) in [6, 6.07) is 8.01. The number of amides is 1. The third-order valence-electron chi connectivity index (χ3n) is 4.39. The van der Waals surface area contributed by atoms with E-state index in [1.165, 1.54) is 11.1 Å². The van der Waals surface area contributed by atoms with E-state index in [-0.39, 0.29) is 5.91 Å². The molecule has 0 saturated carbocycles. The minimum atomic E-state index is -0.165. The van der Waals surface area contributed by atoms with Crippen LogP contribution < -0.4 is 10.6 Å². The van der Waals surface area contributed by atoms with E-state index in [2.05, 4.69) is 57.5 Å². The maximum atomic E-state index is 12.4. The number of hydrogen-bond donors (Lipinski definition) is 2. The third-order valence-corrected chi connectivity index (χ3v) is 4.39. The number of carbonyl (C=O) groups excluding carboxylic acids is 1. The summed E-state index contributed by atoms with van der Waals surface area (Å²) >= 11 is 0. The number of hydrogen-bond acceptors (Lipinski definition) is 5. The lowest BCUT2D eigenvalue weighted by Crippen LogP contribution is -2.28. The van der Waals surface area contributed by atoms with Crippen molar-refractivity contribution in [1.29, 1.82) is 0 Å². The fourth-order valence-electron chi connectivity index (χ4n) is 2.94. The lowest BCUT2D eigenvalue weighted by atomic mass is 10.0. The van der Waals surface area contributed by atoms with E-state index in [1.54, 1.807) is 6.07 Å². The first-order chi connectivity index (χ1) is 12.9. The molecule has 1 aromatic carbocycles. The first-order valence-electron chi connectivity index (χ1n) is 9.61. The topological polar surface area (TPSA) is 70.2 Å². The monoisotopic (exact) mass is 369 g/mol. The van der Waals surface area contributed by atoms with Gasteiger partial charge in [0, 0.05) is 17.9 Å². The van der Waals surface area contributed by atoms with Crippen molar-refractivity contribution in [2.75, 3.05) is 32.5 Å². The molecule has 1 amide bonds. The van der Waals surface area contributed by atoms with Gasteiger partial charge >= 0.3 is 0 Å². The summed E-state index contributed by atoms with van der Waals surface area (Å²) in [6.45, 7) is 7.69. The number of nitrogens with zero attached hydrogens (tertiary/aromatic N) is 3. The molecule has 0 atom stereocenters. The van der Waals surface area contributed by atoms with Gasteiger partial charge in [0.15, 0.2) is 0 Å². The van der Waals surface area contributed by atoms with Crippen molar-refractivity contribution >= 4 is 17.5 Å².